The summed E-state index contributed by atoms with van der Waals surface area (Å²) in [5.41, 5.74) is 3.39. The van der Waals surface area contributed by atoms with Gasteiger partial charge in [0.25, 0.3) is 5.91 Å². The summed E-state index contributed by atoms with van der Waals surface area (Å²) in [5.74, 6) is -0.0794. The lowest BCUT2D eigenvalue weighted by molar-refractivity contribution is 0.0636. The van der Waals surface area contributed by atoms with E-state index in [0.29, 0.717) is 22.9 Å². The van der Waals surface area contributed by atoms with Gasteiger partial charge in [0.2, 0.25) is 0 Å². The Balaban J connectivity index is 1.68. The van der Waals surface area contributed by atoms with Crippen LogP contribution in [0.4, 0.5) is 0 Å². The third-order valence-electron chi connectivity index (χ3n) is 4.45. The van der Waals surface area contributed by atoms with Crippen molar-refractivity contribution in [1.82, 2.24) is 24.1 Å². The second-order valence-corrected chi connectivity index (χ2v) is 6.27. The van der Waals surface area contributed by atoms with E-state index in [0.717, 1.165) is 12.2 Å². The van der Waals surface area contributed by atoms with Crippen molar-refractivity contribution in [3.8, 4) is 0 Å². The molecule has 23 heavy (non-hydrogen) atoms. The molecule has 1 amide bonds. The second kappa shape index (κ2) is 5.09. The molecule has 118 valence electrons. The average Bonchev–Trinajstić information content (AvgIpc) is 3.11. The average molecular weight is 330 g/mol. The standard InChI is InChI=1S/C16H16ClN5O/c1-10-3-4-14-11(2)21(6-5-20(10)14)16(23)13-7-15-18-8-12(17)9-22(15)19-13/h3-4,7-9,11H,5-6H2,1-2H3. The molecular weight excluding hydrogens is 314 g/mol. The van der Waals surface area contributed by atoms with Crippen molar-refractivity contribution >= 4 is 23.2 Å². The number of rotatable bonds is 1. The summed E-state index contributed by atoms with van der Waals surface area (Å²) in [5, 5.41) is 4.80. The Bertz CT molecular complexity index is 912. The Morgan fingerprint density at radius 2 is 2.17 bits per heavy atom. The molecule has 6 nitrogen and oxygen atoms in total. The third kappa shape index (κ3) is 2.21. The number of fused-ring (bicyclic) bond motifs is 2. The molecule has 0 saturated carbocycles. The Morgan fingerprint density at radius 1 is 1.35 bits per heavy atom. The lowest BCUT2D eigenvalue weighted by Gasteiger charge is -2.35. The lowest BCUT2D eigenvalue weighted by atomic mass is 10.1. The van der Waals surface area contributed by atoms with Gasteiger partial charge in [-0.15, -0.1) is 0 Å². The second-order valence-electron chi connectivity index (χ2n) is 5.83. The van der Waals surface area contributed by atoms with E-state index in [1.54, 1.807) is 18.5 Å². The van der Waals surface area contributed by atoms with E-state index in [4.69, 9.17) is 11.6 Å². The van der Waals surface area contributed by atoms with Gasteiger partial charge in [0, 0.05) is 36.7 Å². The number of amides is 1. The van der Waals surface area contributed by atoms with Crippen LogP contribution in [0.1, 0.15) is 34.8 Å². The number of aromatic nitrogens is 4. The van der Waals surface area contributed by atoms with E-state index >= 15 is 0 Å². The highest BCUT2D eigenvalue weighted by atomic mass is 35.5. The molecule has 1 unspecified atom stereocenters. The van der Waals surface area contributed by atoms with Crippen molar-refractivity contribution < 1.29 is 4.79 Å². The van der Waals surface area contributed by atoms with Crippen LogP contribution in [0.15, 0.2) is 30.6 Å². The fraction of sp³-hybridized carbons (Fsp3) is 0.312. The minimum atomic E-state index is -0.0794. The van der Waals surface area contributed by atoms with Crippen molar-refractivity contribution in [3.05, 3.63) is 52.7 Å². The molecule has 3 aromatic rings. The van der Waals surface area contributed by atoms with Gasteiger partial charge in [-0.3, -0.25) is 4.79 Å². The molecule has 0 spiro atoms. The molecule has 0 saturated heterocycles. The Kier molecular flexibility index (Phi) is 3.16. The number of aryl methyl sites for hydroxylation is 1. The van der Waals surface area contributed by atoms with Crippen LogP contribution in [-0.2, 0) is 6.54 Å². The zero-order chi connectivity index (χ0) is 16.1. The van der Waals surface area contributed by atoms with Crippen LogP contribution in [0.25, 0.3) is 5.65 Å². The van der Waals surface area contributed by atoms with Crippen LogP contribution in [0, 0.1) is 6.92 Å². The van der Waals surface area contributed by atoms with Gasteiger partial charge >= 0.3 is 0 Å². The molecule has 3 aromatic heterocycles. The fourth-order valence-electron chi connectivity index (χ4n) is 3.20. The van der Waals surface area contributed by atoms with E-state index in [2.05, 4.69) is 33.7 Å². The molecule has 0 N–H and O–H groups in total. The van der Waals surface area contributed by atoms with Gasteiger partial charge in [-0.05, 0) is 26.0 Å². The van der Waals surface area contributed by atoms with Crippen LogP contribution in [0.2, 0.25) is 5.02 Å². The van der Waals surface area contributed by atoms with Gasteiger partial charge in [-0.1, -0.05) is 11.6 Å². The molecule has 0 radical (unpaired) electrons. The highest BCUT2D eigenvalue weighted by Crippen LogP contribution is 2.28. The maximum Gasteiger partial charge on any atom is 0.275 e. The van der Waals surface area contributed by atoms with Crippen LogP contribution in [0.3, 0.4) is 0 Å². The smallest absolute Gasteiger partial charge is 0.275 e. The largest absolute Gasteiger partial charge is 0.345 e. The number of nitrogens with zero attached hydrogens (tertiary/aromatic N) is 5. The summed E-state index contributed by atoms with van der Waals surface area (Å²) in [6.45, 7) is 5.62. The molecule has 0 aliphatic carbocycles. The highest BCUT2D eigenvalue weighted by molar-refractivity contribution is 6.30. The summed E-state index contributed by atoms with van der Waals surface area (Å²) >= 11 is 5.92. The summed E-state index contributed by atoms with van der Waals surface area (Å²) in [4.78, 5) is 18.9. The molecule has 1 atom stereocenters. The van der Waals surface area contributed by atoms with Gasteiger partial charge in [0.15, 0.2) is 11.3 Å². The van der Waals surface area contributed by atoms with E-state index in [9.17, 15) is 4.79 Å². The van der Waals surface area contributed by atoms with Crippen molar-refractivity contribution in [1.29, 1.82) is 0 Å². The van der Waals surface area contributed by atoms with E-state index < -0.39 is 0 Å². The predicted octanol–water partition coefficient (Wildman–Crippen LogP) is 2.71. The van der Waals surface area contributed by atoms with Gasteiger partial charge in [-0.25, -0.2) is 9.50 Å². The van der Waals surface area contributed by atoms with Crippen LogP contribution in [-0.4, -0.2) is 36.5 Å². The van der Waals surface area contributed by atoms with Gasteiger partial charge in [0.05, 0.1) is 17.3 Å². The first-order chi connectivity index (χ1) is 11.0. The molecule has 0 fully saturated rings. The predicted molar refractivity (Wildman–Crippen MR) is 86.6 cm³/mol. The minimum absolute atomic E-state index is 0.0197. The third-order valence-corrected chi connectivity index (χ3v) is 4.65. The molecule has 0 aromatic carbocycles. The zero-order valence-electron chi connectivity index (χ0n) is 12.9. The molecular formula is C16H16ClN5O. The summed E-state index contributed by atoms with van der Waals surface area (Å²) in [6.07, 6.45) is 3.20. The highest BCUT2D eigenvalue weighted by Gasteiger charge is 2.30. The lowest BCUT2D eigenvalue weighted by Crippen LogP contribution is -2.41. The van der Waals surface area contributed by atoms with Crippen molar-refractivity contribution in [2.45, 2.75) is 26.4 Å². The van der Waals surface area contributed by atoms with Crippen molar-refractivity contribution in [3.63, 3.8) is 0 Å². The number of hydrogen-bond acceptors (Lipinski definition) is 3. The van der Waals surface area contributed by atoms with Crippen LogP contribution in [0.5, 0.6) is 0 Å². The fourth-order valence-corrected chi connectivity index (χ4v) is 3.35. The Morgan fingerprint density at radius 3 is 3.00 bits per heavy atom. The first-order valence-corrected chi connectivity index (χ1v) is 7.90. The Hall–Kier alpha value is -2.34. The summed E-state index contributed by atoms with van der Waals surface area (Å²) in [6, 6.07) is 5.90. The monoisotopic (exact) mass is 329 g/mol. The molecule has 0 bridgehead atoms. The maximum absolute atomic E-state index is 12.9. The molecule has 7 heteroatoms. The topological polar surface area (TPSA) is 55.4 Å². The molecule has 1 aliphatic rings. The zero-order valence-corrected chi connectivity index (χ0v) is 13.7. The first kappa shape index (κ1) is 14.3. The van der Waals surface area contributed by atoms with Gasteiger partial charge in [-0.2, -0.15) is 5.10 Å². The van der Waals surface area contributed by atoms with Crippen molar-refractivity contribution in [2.24, 2.45) is 0 Å². The van der Waals surface area contributed by atoms with Crippen LogP contribution >= 0.6 is 11.6 Å². The van der Waals surface area contributed by atoms with Gasteiger partial charge in [0.1, 0.15) is 0 Å². The summed E-state index contributed by atoms with van der Waals surface area (Å²) in [7, 11) is 0. The van der Waals surface area contributed by atoms with Gasteiger partial charge < -0.3 is 9.47 Å². The number of halogens is 1. The Labute approximate surface area is 138 Å². The summed E-state index contributed by atoms with van der Waals surface area (Å²) < 4.78 is 3.80. The molecule has 1 aliphatic heterocycles. The normalized spacial score (nSPS) is 17.5. The number of carbonyl (C=O) groups is 1. The maximum atomic E-state index is 12.9. The quantitative estimate of drug-likeness (QED) is 0.689. The molecule has 4 heterocycles. The molecule has 4 rings (SSSR count). The first-order valence-electron chi connectivity index (χ1n) is 7.52. The van der Waals surface area contributed by atoms with Crippen LogP contribution < -0.4 is 0 Å². The minimum Gasteiger partial charge on any atom is -0.345 e. The SMILES string of the molecule is Cc1ccc2n1CCN(C(=O)c1cc3ncc(Cl)cn3n1)C2C. The van der Waals surface area contributed by atoms with E-state index in [1.807, 2.05) is 11.8 Å². The van der Waals surface area contributed by atoms with Crippen molar-refractivity contribution in [2.75, 3.05) is 6.54 Å². The number of carbonyl (C=O) groups excluding carboxylic acids is 1. The van der Waals surface area contributed by atoms with E-state index in [1.165, 1.54) is 10.2 Å². The van der Waals surface area contributed by atoms with E-state index in [-0.39, 0.29) is 11.9 Å². The number of hydrogen-bond donors (Lipinski definition) is 0.